The molecule has 0 bridgehead atoms. The molecule has 3 amide bonds. The first kappa shape index (κ1) is 37.4. The smallest absolute Gasteiger partial charge is 0.414 e. The van der Waals surface area contributed by atoms with Crippen LogP contribution in [-0.4, -0.2) is 79.8 Å². The molecule has 2 aromatic heterocycles. The van der Waals surface area contributed by atoms with E-state index in [1.165, 1.54) is 23.4 Å². The van der Waals surface area contributed by atoms with Crippen LogP contribution in [0, 0.1) is 5.92 Å². The molecule has 1 saturated heterocycles. The normalized spacial score (nSPS) is 18.1. The van der Waals surface area contributed by atoms with E-state index in [4.69, 9.17) is 18.6 Å². The van der Waals surface area contributed by atoms with Crippen LogP contribution in [0.15, 0.2) is 28.5 Å². The molecule has 0 aromatic carbocycles. The highest BCUT2D eigenvalue weighted by Gasteiger charge is 2.45. The third-order valence-electron chi connectivity index (χ3n) is 7.47. The van der Waals surface area contributed by atoms with E-state index >= 15 is 0 Å². The Morgan fingerprint density at radius 2 is 1.73 bits per heavy atom. The van der Waals surface area contributed by atoms with E-state index in [1.54, 1.807) is 54.7 Å². The van der Waals surface area contributed by atoms with Crippen molar-refractivity contribution < 1.29 is 46.2 Å². The van der Waals surface area contributed by atoms with Crippen molar-refractivity contribution in [3.8, 4) is 0 Å². The molecule has 0 saturated carbocycles. The molecule has 0 aliphatic carbocycles. The molecule has 49 heavy (non-hydrogen) atoms. The number of pyridine rings is 1. The van der Waals surface area contributed by atoms with Crippen LogP contribution in [0.4, 0.5) is 45.7 Å². The molecule has 0 radical (unpaired) electrons. The second-order valence-corrected chi connectivity index (χ2v) is 14.0. The minimum atomic E-state index is -4.55. The molecule has 2 atom stereocenters. The van der Waals surface area contributed by atoms with E-state index in [0.29, 0.717) is 31.0 Å². The number of anilines is 4. The Bertz CT molecular complexity index is 1540. The number of halogens is 3. The van der Waals surface area contributed by atoms with Gasteiger partial charge in [0.15, 0.2) is 5.76 Å². The fraction of sp³-hybridized carbons (Fsp3) is 0.576. The molecular formula is C33H45F3N6O7. The van der Waals surface area contributed by atoms with Crippen molar-refractivity contribution in [3.05, 3.63) is 35.4 Å². The lowest BCUT2D eigenvalue weighted by atomic mass is 9.93. The number of nitrogens with one attached hydrogen (secondary N) is 4. The number of nitrogens with zero attached hydrogens (tertiary/aromatic N) is 2. The van der Waals surface area contributed by atoms with Crippen molar-refractivity contribution in [1.82, 2.24) is 10.3 Å². The highest BCUT2D eigenvalue weighted by molar-refractivity contribution is 6.14. The summed E-state index contributed by atoms with van der Waals surface area (Å²) in [6.45, 7) is 10.6. The van der Waals surface area contributed by atoms with Crippen molar-refractivity contribution in [2.45, 2.75) is 84.2 Å². The number of fused-ring (bicyclic) bond motifs is 1. The minimum Gasteiger partial charge on any atom is -0.444 e. The number of alkyl halides is 3. The molecule has 4 heterocycles. The largest absolute Gasteiger partial charge is 0.444 e. The first-order chi connectivity index (χ1) is 22.8. The van der Waals surface area contributed by atoms with Crippen LogP contribution in [-0.2, 0) is 14.2 Å². The average Bonchev–Trinajstić information content (AvgIpc) is 3.31. The first-order valence-electron chi connectivity index (χ1n) is 16.0. The predicted molar refractivity (Wildman–Crippen MR) is 178 cm³/mol. The van der Waals surface area contributed by atoms with E-state index in [-0.39, 0.29) is 35.8 Å². The van der Waals surface area contributed by atoms with Gasteiger partial charge in [-0.2, -0.15) is 13.2 Å². The fourth-order valence-corrected chi connectivity index (χ4v) is 5.53. The molecule has 2 aliphatic rings. The number of furan rings is 1. The maximum absolute atomic E-state index is 14.1. The van der Waals surface area contributed by atoms with E-state index < -0.39 is 54.0 Å². The van der Waals surface area contributed by atoms with Crippen LogP contribution in [0.5, 0.6) is 0 Å². The summed E-state index contributed by atoms with van der Waals surface area (Å²) in [6.07, 6.45) is -0.620. The number of aromatic nitrogens is 1. The summed E-state index contributed by atoms with van der Waals surface area (Å²) >= 11 is 0. The fourth-order valence-electron chi connectivity index (χ4n) is 5.53. The topological polar surface area (TPSA) is 156 Å². The highest BCUT2D eigenvalue weighted by atomic mass is 19.4. The number of carbonyl (C=O) groups is 3. The van der Waals surface area contributed by atoms with Gasteiger partial charge in [-0.15, -0.1) is 0 Å². The highest BCUT2D eigenvalue weighted by Crippen LogP contribution is 2.40. The van der Waals surface area contributed by atoms with Gasteiger partial charge in [-0.25, -0.2) is 9.59 Å². The lowest BCUT2D eigenvalue weighted by Gasteiger charge is -2.40. The van der Waals surface area contributed by atoms with Crippen molar-refractivity contribution >= 4 is 47.1 Å². The lowest BCUT2D eigenvalue weighted by molar-refractivity contribution is -0.177. The molecule has 16 heteroatoms. The van der Waals surface area contributed by atoms with Gasteiger partial charge in [0.05, 0.1) is 35.2 Å². The second kappa shape index (κ2) is 15.0. The Hall–Kier alpha value is -4.47. The first-order valence-corrected chi connectivity index (χ1v) is 16.0. The van der Waals surface area contributed by atoms with Crippen LogP contribution >= 0.6 is 0 Å². The predicted octanol–water partition coefficient (Wildman–Crippen LogP) is 6.79. The van der Waals surface area contributed by atoms with Gasteiger partial charge in [-0.05, 0) is 78.5 Å². The number of ether oxygens (including phenoxy) is 3. The van der Waals surface area contributed by atoms with Crippen LogP contribution in [0.1, 0.15) is 76.9 Å². The van der Waals surface area contributed by atoms with Crippen molar-refractivity contribution in [1.29, 1.82) is 0 Å². The summed E-state index contributed by atoms with van der Waals surface area (Å²) in [5.41, 5.74) is -0.0569. The van der Waals surface area contributed by atoms with Gasteiger partial charge in [0, 0.05) is 39.5 Å². The van der Waals surface area contributed by atoms with E-state index in [0.717, 1.165) is 12.0 Å². The number of rotatable bonds is 9. The van der Waals surface area contributed by atoms with Crippen molar-refractivity contribution in [3.63, 3.8) is 0 Å². The van der Waals surface area contributed by atoms with Gasteiger partial charge in [-0.1, -0.05) is 0 Å². The second-order valence-electron chi connectivity index (χ2n) is 14.0. The molecule has 2 aliphatic heterocycles. The summed E-state index contributed by atoms with van der Waals surface area (Å²) in [5.74, 6) is -2.37. The van der Waals surface area contributed by atoms with Crippen molar-refractivity contribution in [2.24, 2.45) is 5.92 Å². The van der Waals surface area contributed by atoms with Gasteiger partial charge < -0.3 is 39.5 Å². The summed E-state index contributed by atoms with van der Waals surface area (Å²) in [5, 5.41) is 11.0. The number of piperidine rings is 1. The SMILES string of the molecule is COCCCC1=Cc2oc(NC(=O)OC(C)(C)C)c(C(=O)Nc3cnccc3N3C[C@@H](NC(=O)OC(C)(C)C)C[C@@H](C(F)(F)F)C3)c2NC1. The Labute approximate surface area is 283 Å². The van der Waals surface area contributed by atoms with Gasteiger partial charge in [-0.3, -0.25) is 15.1 Å². The molecule has 0 unspecified atom stereocenters. The van der Waals surface area contributed by atoms with Crippen LogP contribution < -0.4 is 26.2 Å². The molecule has 4 rings (SSSR count). The molecule has 13 nitrogen and oxygen atoms in total. The Morgan fingerprint density at radius 3 is 2.39 bits per heavy atom. The summed E-state index contributed by atoms with van der Waals surface area (Å²) in [6, 6.07) is 0.572. The molecule has 4 N–H and O–H groups in total. The maximum atomic E-state index is 14.1. The molecule has 270 valence electrons. The average molecular weight is 695 g/mol. The third kappa shape index (κ3) is 10.5. The summed E-state index contributed by atoms with van der Waals surface area (Å²) in [4.78, 5) is 44.8. The standard InChI is InChI=1S/C33H45F3N6O7/c1-31(2,3)48-29(44)39-21-14-20(33(34,35)36)17-42(18-21)23-10-11-37-16-22(23)40-27(43)25-26-24(13-19(15-38-26)9-8-12-46-7)47-28(25)41-30(45)49-32(4,5)6/h10-11,13,16,20-21,38H,8-9,12,14-15,17-18H2,1-7H3,(H,39,44)(H,40,43)(H,41,45)/t20-,21+/m1/s1. The Balaban J connectivity index is 1.64. The van der Waals surface area contributed by atoms with Gasteiger partial charge in [0.1, 0.15) is 16.8 Å². The number of hydrogen-bond acceptors (Lipinski definition) is 10. The van der Waals surface area contributed by atoms with Crippen molar-refractivity contribution in [2.75, 3.05) is 54.2 Å². The lowest BCUT2D eigenvalue weighted by Crippen LogP contribution is -2.54. The summed E-state index contributed by atoms with van der Waals surface area (Å²) < 4.78 is 64.1. The summed E-state index contributed by atoms with van der Waals surface area (Å²) in [7, 11) is 1.62. The maximum Gasteiger partial charge on any atom is 0.414 e. The Morgan fingerprint density at radius 1 is 1.04 bits per heavy atom. The molecule has 2 aromatic rings. The zero-order valence-corrected chi connectivity index (χ0v) is 28.8. The third-order valence-corrected chi connectivity index (χ3v) is 7.47. The Kier molecular flexibility index (Phi) is 11.4. The quantitative estimate of drug-likeness (QED) is 0.206. The van der Waals surface area contributed by atoms with Crippen LogP contribution in [0.25, 0.3) is 6.08 Å². The zero-order chi connectivity index (χ0) is 36.1. The molecule has 1 fully saturated rings. The van der Waals surface area contributed by atoms with Crippen LogP contribution in [0.2, 0.25) is 0 Å². The van der Waals surface area contributed by atoms with Gasteiger partial charge in [0.2, 0.25) is 5.88 Å². The monoisotopic (exact) mass is 694 g/mol. The van der Waals surface area contributed by atoms with Crippen LogP contribution in [0.3, 0.4) is 0 Å². The van der Waals surface area contributed by atoms with E-state index in [9.17, 15) is 27.6 Å². The number of carbonyl (C=O) groups excluding carboxylic acids is 3. The number of methoxy groups -OCH3 is 1. The minimum absolute atomic E-state index is 0.00344. The van der Waals surface area contributed by atoms with E-state index in [1.807, 2.05) is 0 Å². The number of alkyl carbamates (subject to hydrolysis) is 1. The van der Waals surface area contributed by atoms with Gasteiger partial charge in [0.25, 0.3) is 5.91 Å². The molecular weight excluding hydrogens is 649 g/mol. The zero-order valence-electron chi connectivity index (χ0n) is 28.8. The van der Waals surface area contributed by atoms with Gasteiger partial charge >= 0.3 is 18.4 Å². The molecule has 0 spiro atoms. The number of hydrogen-bond donors (Lipinski definition) is 4. The number of amides is 3. The van der Waals surface area contributed by atoms with E-state index in [2.05, 4.69) is 26.3 Å².